The number of nitrogens with two attached hydrogens (primary N) is 1. The number of likely N-dealkylation sites (tertiary alicyclic amines) is 1. The van der Waals surface area contributed by atoms with Gasteiger partial charge in [-0.25, -0.2) is 0 Å². The van der Waals surface area contributed by atoms with Crippen molar-refractivity contribution in [3.63, 3.8) is 0 Å². The summed E-state index contributed by atoms with van der Waals surface area (Å²) in [5.41, 5.74) is 11.2. The van der Waals surface area contributed by atoms with Gasteiger partial charge < -0.3 is 10.8 Å². The molecule has 1 amide bonds. The molecule has 0 unspecified atom stereocenters. The number of carbonyl (C=O) groups excluding carboxylic acids is 1. The summed E-state index contributed by atoms with van der Waals surface area (Å²) in [6.45, 7) is 3.48. The lowest BCUT2D eigenvalue weighted by Gasteiger charge is -2.27. The van der Waals surface area contributed by atoms with Gasteiger partial charge in [-0.15, -0.1) is 0 Å². The Labute approximate surface area is 167 Å². The molecule has 1 aliphatic carbocycles. The average molecular weight is 379 g/mol. The molecular weight excluding hydrogens is 348 g/mol. The summed E-state index contributed by atoms with van der Waals surface area (Å²) in [7, 11) is 0. The van der Waals surface area contributed by atoms with E-state index in [0.717, 1.165) is 31.4 Å². The van der Waals surface area contributed by atoms with Crippen LogP contribution in [-0.4, -0.2) is 29.0 Å². The molecule has 4 heteroatoms. The van der Waals surface area contributed by atoms with Crippen molar-refractivity contribution in [2.45, 2.75) is 57.4 Å². The number of carbonyl (C=O) groups is 1. The van der Waals surface area contributed by atoms with E-state index >= 15 is 0 Å². The van der Waals surface area contributed by atoms with E-state index in [2.05, 4.69) is 23.1 Å². The van der Waals surface area contributed by atoms with Crippen LogP contribution in [0, 0.1) is 0 Å². The van der Waals surface area contributed by atoms with Crippen LogP contribution in [0.3, 0.4) is 0 Å². The molecule has 148 valence electrons. The number of benzene rings is 2. The average Bonchev–Trinajstić information content (AvgIpc) is 2.96. The third-order valence-corrected chi connectivity index (χ3v) is 6.34. The molecule has 1 atom stereocenters. The van der Waals surface area contributed by atoms with Gasteiger partial charge >= 0.3 is 0 Å². The van der Waals surface area contributed by atoms with Gasteiger partial charge in [-0.3, -0.25) is 9.69 Å². The van der Waals surface area contributed by atoms with E-state index in [1.807, 2.05) is 0 Å². The van der Waals surface area contributed by atoms with Crippen LogP contribution >= 0.6 is 0 Å². The summed E-state index contributed by atoms with van der Waals surface area (Å²) in [6, 6.07) is 11.8. The van der Waals surface area contributed by atoms with Gasteiger partial charge in [0.15, 0.2) is 0 Å². The Kier molecular flexibility index (Phi) is 5.67. The number of hydrogen-bond acceptors (Lipinski definition) is 3. The Hall–Kier alpha value is -2.33. The molecule has 0 aromatic heterocycles. The Morgan fingerprint density at radius 3 is 2.57 bits per heavy atom. The molecule has 2 aliphatic rings. The molecule has 1 aliphatic heterocycles. The number of aromatic hydroxyl groups is 1. The fourth-order valence-corrected chi connectivity index (χ4v) is 4.84. The van der Waals surface area contributed by atoms with Crippen LogP contribution in [0.4, 0.5) is 0 Å². The lowest BCUT2D eigenvalue weighted by molar-refractivity contribution is 0.0999. The Bertz CT molecular complexity index is 854. The van der Waals surface area contributed by atoms with Gasteiger partial charge in [0.25, 0.3) is 0 Å². The van der Waals surface area contributed by atoms with Crippen molar-refractivity contribution in [3.8, 4) is 5.75 Å². The van der Waals surface area contributed by atoms with Crippen molar-refractivity contribution in [2.75, 3.05) is 13.1 Å². The van der Waals surface area contributed by atoms with Crippen LogP contribution in [0.1, 0.15) is 70.6 Å². The van der Waals surface area contributed by atoms with Gasteiger partial charge in [0, 0.05) is 12.1 Å². The zero-order valence-corrected chi connectivity index (χ0v) is 16.5. The van der Waals surface area contributed by atoms with Crippen LogP contribution in [0.2, 0.25) is 0 Å². The number of rotatable bonds is 4. The van der Waals surface area contributed by atoms with E-state index in [-0.39, 0.29) is 11.7 Å². The highest BCUT2D eigenvalue weighted by Gasteiger charge is 2.24. The summed E-state index contributed by atoms with van der Waals surface area (Å²) >= 11 is 0. The first kappa shape index (κ1) is 19.0. The molecule has 2 aromatic carbocycles. The van der Waals surface area contributed by atoms with Crippen LogP contribution in [0.5, 0.6) is 5.75 Å². The maximum absolute atomic E-state index is 11.8. The van der Waals surface area contributed by atoms with Gasteiger partial charge in [-0.2, -0.15) is 0 Å². The SMILES string of the molecule is NC(=O)c1ccc(O)cc1[C@H]1CCc2cc(CN3CCCCCC3)ccc2C1. The van der Waals surface area contributed by atoms with Gasteiger partial charge in [0.2, 0.25) is 5.91 Å². The molecular formula is C24H30N2O2. The van der Waals surface area contributed by atoms with E-state index in [9.17, 15) is 9.90 Å². The second-order valence-corrected chi connectivity index (χ2v) is 8.37. The topological polar surface area (TPSA) is 66.6 Å². The summed E-state index contributed by atoms with van der Waals surface area (Å²) in [5.74, 6) is -0.00857. The molecule has 0 radical (unpaired) electrons. The van der Waals surface area contributed by atoms with Crippen LogP contribution < -0.4 is 5.73 Å². The molecule has 4 nitrogen and oxygen atoms in total. The van der Waals surface area contributed by atoms with E-state index in [4.69, 9.17) is 5.73 Å². The van der Waals surface area contributed by atoms with E-state index in [1.54, 1.807) is 12.1 Å². The molecule has 2 aromatic rings. The predicted octanol–water partition coefficient (Wildman–Crippen LogP) is 4.14. The van der Waals surface area contributed by atoms with E-state index in [0.29, 0.717) is 5.56 Å². The number of phenolic OH excluding ortho intramolecular Hbond substituents is 1. The standard InChI is InChI=1S/C24H30N2O2/c25-24(28)22-10-9-21(27)15-23(22)20-8-7-18-13-17(5-6-19(18)14-20)16-26-11-3-1-2-4-12-26/h5-6,9-10,13,15,20,27H,1-4,7-8,11-12,14,16H2,(H2,25,28)/t20-/m0/s1. The Balaban J connectivity index is 1.51. The molecule has 28 heavy (non-hydrogen) atoms. The molecule has 0 spiro atoms. The molecule has 1 fully saturated rings. The van der Waals surface area contributed by atoms with Gasteiger partial charge in [0.05, 0.1) is 0 Å². The summed E-state index contributed by atoms with van der Waals surface area (Å²) < 4.78 is 0. The number of primary amides is 1. The van der Waals surface area contributed by atoms with Crippen molar-refractivity contribution in [1.82, 2.24) is 4.90 Å². The van der Waals surface area contributed by atoms with Gasteiger partial charge in [0.1, 0.15) is 5.75 Å². The first-order valence-electron chi connectivity index (χ1n) is 10.6. The maximum atomic E-state index is 11.8. The quantitative estimate of drug-likeness (QED) is 0.840. The number of fused-ring (bicyclic) bond motifs is 1. The fraction of sp³-hybridized carbons (Fsp3) is 0.458. The number of aryl methyl sites for hydroxylation is 1. The maximum Gasteiger partial charge on any atom is 0.248 e. The second-order valence-electron chi connectivity index (χ2n) is 8.37. The summed E-state index contributed by atoms with van der Waals surface area (Å²) in [6.07, 6.45) is 8.24. The molecule has 1 saturated heterocycles. The third kappa shape index (κ3) is 4.22. The first-order chi connectivity index (χ1) is 13.6. The largest absolute Gasteiger partial charge is 0.508 e. The zero-order valence-electron chi connectivity index (χ0n) is 16.5. The summed E-state index contributed by atoms with van der Waals surface area (Å²) in [5, 5.41) is 9.90. The Morgan fingerprint density at radius 2 is 1.82 bits per heavy atom. The van der Waals surface area contributed by atoms with Gasteiger partial charge in [-0.05, 0) is 91.6 Å². The van der Waals surface area contributed by atoms with E-state index in [1.165, 1.54) is 61.5 Å². The van der Waals surface area contributed by atoms with Crippen molar-refractivity contribution in [1.29, 1.82) is 0 Å². The second kappa shape index (κ2) is 8.36. The minimum absolute atomic E-state index is 0.193. The monoisotopic (exact) mass is 378 g/mol. The highest BCUT2D eigenvalue weighted by molar-refractivity contribution is 5.94. The predicted molar refractivity (Wildman–Crippen MR) is 112 cm³/mol. The summed E-state index contributed by atoms with van der Waals surface area (Å²) in [4.78, 5) is 14.4. The Morgan fingerprint density at radius 1 is 1.04 bits per heavy atom. The van der Waals surface area contributed by atoms with Crippen molar-refractivity contribution in [2.24, 2.45) is 5.73 Å². The molecule has 1 heterocycles. The molecule has 4 rings (SSSR count). The van der Waals surface area contributed by atoms with Crippen molar-refractivity contribution in [3.05, 3.63) is 64.2 Å². The molecule has 0 saturated carbocycles. The number of phenols is 1. The first-order valence-corrected chi connectivity index (χ1v) is 10.6. The van der Waals surface area contributed by atoms with Crippen LogP contribution in [0.15, 0.2) is 36.4 Å². The lowest BCUT2D eigenvalue weighted by atomic mass is 9.78. The minimum Gasteiger partial charge on any atom is -0.508 e. The molecule has 3 N–H and O–H groups in total. The fourth-order valence-electron chi connectivity index (χ4n) is 4.84. The number of amides is 1. The normalized spacial score (nSPS) is 20.4. The lowest BCUT2D eigenvalue weighted by Crippen LogP contribution is -2.24. The molecule has 0 bridgehead atoms. The highest BCUT2D eigenvalue weighted by atomic mass is 16.3. The minimum atomic E-state index is -0.423. The van der Waals surface area contributed by atoms with Crippen molar-refractivity contribution < 1.29 is 9.90 Å². The van der Waals surface area contributed by atoms with Gasteiger partial charge in [-0.1, -0.05) is 31.0 Å². The van der Waals surface area contributed by atoms with Crippen molar-refractivity contribution >= 4 is 5.91 Å². The van der Waals surface area contributed by atoms with Crippen LogP contribution in [-0.2, 0) is 19.4 Å². The zero-order chi connectivity index (χ0) is 19.5. The van der Waals surface area contributed by atoms with Crippen LogP contribution in [0.25, 0.3) is 0 Å². The number of nitrogens with zero attached hydrogens (tertiary/aromatic N) is 1. The smallest absolute Gasteiger partial charge is 0.248 e. The number of hydrogen-bond donors (Lipinski definition) is 2. The third-order valence-electron chi connectivity index (χ3n) is 6.34. The highest BCUT2D eigenvalue weighted by Crippen LogP contribution is 2.36. The van der Waals surface area contributed by atoms with E-state index < -0.39 is 5.91 Å².